The second-order valence-corrected chi connectivity index (χ2v) is 22.8. The average molecular weight is 1050 g/mol. The van der Waals surface area contributed by atoms with Gasteiger partial charge in [-0.3, -0.25) is 19.2 Å². The van der Waals surface area contributed by atoms with Crippen molar-refractivity contribution in [2.45, 2.75) is 97.9 Å². The first kappa shape index (κ1) is 54.6. The van der Waals surface area contributed by atoms with Gasteiger partial charge in [-0.1, -0.05) is 77.7 Å². The van der Waals surface area contributed by atoms with Crippen molar-refractivity contribution in [3.63, 3.8) is 0 Å². The van der Waals surface area contributed by atoms with E-state index in [1.807, 2.05) is 44.1 Å². The highest BCUT2D eigenvalue weighted by atomic mass is 16.5. The molecular weight excluding hydrogens is 969 g/mol. The minimum Gasteiger partial charge on any atom is -0.467 e. The Bertz CT molecular complexity index is 3400. The molecule has 14 heteroatoms. The predicted octanol–water partition coefficient (Wildman–Crippen LogP) is 9.13. The van der Waals surface area contributed by atoms with Gasteiger partial charge in [-0.25, -0.2) is 9.59 Å². The Morgan fingerprint density at radius 3 is 1.87 bits per heavy atom. The van der Waals surface area contributed by atoms with E-state index in [9.17, 15) is 28.8 Å². The zero-order chi connectivity index (χ0) is 52.3. The molecule has 3 unspecified atom stereocenters. The van der Waals surface area contributed by atoms with Crippen LogP contribution in [0.2, 0.25) is 0 Å². The molecule has 0 radical (unpaired) electrons. The van der Waals surface area contributed by atoms with Gasteiger partial charge in [-0.2, -0.15) is 0 Å². The summed E-state index contributed by atoms with van der Waals surface area (Å²) in [7, 11) is 10.9. The van der Waals surface area contributed by atoms with E-state index in [0.29, 0.717) is 34.6 Å². The fourth-order valence-electron chi connectivity index (χ4n) is 15.1. The molecule has 11 aliphatic rings. The number of allylic oxidation sites excluding steroid dienone is 6. The fraction of sp³-hybridized carbons (Fsp3) is 0.460. The number of piperidine rings is 3. The Labute approximate surface area is 453 Å². The number of ketones is 4. The van der Waals surface area contributed by atoms with E-state index in [4.69, 9.17) is 9.47 Å². The molecule has 3 aromatic carbocycles. The van der Waals surface area contributed by atoms with Crippen LogP contribution in [0.3, 0.4) is 0 Å². The van der Waals surface area contributed by atoms with Crippen molar-refractivity contribution < 1.29 is 38.2 Å². The molecule has 2 N–H and O–H groups in total. The number of benzene rings is 3. The van der Waals surface area contributed by atoms with Crippen LogP contribution in [0.1, 0.15) is 127 Å². The zero-order valence-electron chi connectivity index (χ0n) is 43.9. The van der Waals surface area contributed by atoms with Gasteiger partial charge in [0.1, 0.15) is 0 Å². The van der Waals surface area contributed by atoms with E-state index in [0.717, 1.165) is 66.6 Å². The van der Waals surface area contributed by atoms with Crippen LogP contribution in [0, 0.1) is 37.0 Å². The highest BCUT2D eigenvalue weighted by molar-refractivity contribution is 6.26. The summed E-state index contributed by atoms with van der Waals surface area (Å²) in [6.07, 6.45) is 9.54. The van der Waals surface area contributed by atoms with Crippen molar-refractivity contribution in [1.82, 2.24) is 25.0 Å². The number of anilines is 1. The standard InChI is InChI=1S/C16H19N.C15H16N2O4.C15H16N2O3.C14H13NO.3CH4/c1-4-12-10-17(3)15-9-11(2)13-7-5-6-8-14(13)16(12)15;1-14(13(20)21-3)12(19)10-11(16-14)8(18)4-9-15(10)5-7(15)6-17(9)2;1-7-11(14(19)20-3)12-13(16-7)9(18)4-10-15(12)5-8(15)6-17(10)2;1-15-8-9-7-14(9)11-5-3-2-4-10(11)12(16)6-13(14)15;;;/h5-9,12H,4,10H2,1-3H3;4,7,16H,5-6H2,1-3H3;4,8,16H,5-6H2,1-3H3;2-6,9H,7-8H2,1H3;3*1H4/t;7-,14-,15+;8-,15+;;;;/m.11..../s1. The molecule has 6 heterocycles. The van der Waals surface area contributed by atoms with Gasteiger partial charge in [0.15, 0.2) is 17.1 Å². The van der Waals surface area contributed by atoms with Gasteiger partial charge in [0.05, 0.1) is 31.2 Å². The van der Waals surface area contributed by atoms with Gasteiger partial charge in [-0.05, 0) is 97.7 Å². The van der Waals surface area contributed by atoms with E-state index < -0.39 is 11.5 Å². The molecule has 15 rings (SSSR count). The van der Waals surface area contributed by atoms with E-state index in [-0.39, 0.29) is 73.3 Å². The quantitative estimate of drug-likeness (QED) is 0.148. The number of nitrogens with one attached hydrogen (secondary N) is 2. The molecule has 0 bridgehead atoms. The number of aryl methyl sites for hydroxylation is 2. The molecule has 0 amide bonds. The minimum absolute atomic E-state index is 0. The van der Waals surface area contributed by atoms with Gasteiger partial charge in [0.2, 0.25) is 11.6 Å². The summed E-state index contributed by atoms with van der Waals surface area (Å²) in [5, 5.41) is 5.72. The summed E-state index contributed by atoms with van der Waals surface area (Å²) < 4.78 is 9.65. The third kappa shape index (κ3) is 7.31. The first-order valence-corrected chi connectivity index (χ1v) is 26.1. The van der Waals surface area contributed by atoms with Crippen molar-refractivity contribution in [3.8, 4) is 0 Å². The molecule has 77 heavy (non-hydrogen) atoms. The summed E-state index contributed by atoms with van der Waals surface area (Å²) in [6, 6.07) is 19.3. The number of H-pyrrole nitrogens is 1. The summed E-state index contributed by atoms with van der Waals surface area (Å²) in [4.78, 5) is 85.6. The van der Waals surface area contributed by atoms with Crippen molar-refractivity contribution in [2.24, 2.45) is 23.2 Å². The first-order chi connectivity index (χ1) is 35.3. The third-order valence-corrected chi connectivity index (χ3v) is 18.8. The van der Waals surface area contributed by atoms with Crippen LogP contribution in [-0.2, 0) is 34.7 Å². The topological polar surface area (TPSA) is 162 Å². The van der Waals surface area contributed by atoms with Crippen LogP contribution >= 0.6 is 0 Å². The van der Waals surface area contributed by atoms with Gasteiger partial charge >= 0.3 is 11.9 Å². The van der Waals surface area contributed by atoms with Crippen molar-refractivity contribution >= 4 is 51.5 Å². The number of fused-ring (bicyclic) bond motifs is 5. The van der Waals surface area contributed by atoms with Crippen LogP contribution in [-0.4, -0.2) is 129 Å². The zero-order valence-corrected chi connectivity index (χ0v) is 43.9. The Morgan fingerprint density at radius 2 is 1.22 bits per heavy atom. The molecule has 3 spiro atoms. The number of rotatable bonds is 3. The monoisotopic (exact) mass is 1040 g/mol. The number of carbonyl (C=O) groups is 6. The summed E-state index contributed by atoms with van der Waals surface area (Å²) in [5.74, 6) is 0.862. The maximum Gasteiger partial charge on any atom is 0.340 e. The lowest BCUT2D eigenvalue weighted by Gasteiger charge is -2.27. The highest BCUT2D eigenvalue weighted by Gasteiger charge is 2.72. The molecule has 4 aromatic rings. The summed E-state index contributed by atoms with van der Waals surface area (Å²) in [5.41, 5.74) is 11.6. The molecule has 3 saturated carbocycles. The van der Waals surface area contributed by atoms with Gasteiger partial charge in [0, 0.05) is 140 Å². The molecule has 1 aromatic heterocycles. The number of methoxy groups -OCH3 is 2. The maximum atomic E-state index is 12.9. The van der Waals surface area contributed by atoms with Crippen molar-refractivity contribution in [3.05, 3.63) is 146 Å². The third-order valence-electron chi connectivity index (χ3n) is 18.8. The largest absolute Gasteiger partial charge is 0.467 e. The van der Waals surface area contributed by atoms with E-state index in [1.165, 1.54) is 73.8 Å². The minimum atomic E-state index is -1.48. The van der Waals surface area contributed by atoms with Crippen LogP contribution in [0.25, 0.3) is 10.8 Å². The van der Waals surface area contributed by atoms with Gasteiger partial charge < -0.3 is 39.4 Å². The second kappa shape index (κ2) is 18.5. The predicted molar refractivity (Wildman–Crippen MR) is 300 cm³/mol. The Kier molecular flexibility index (Phi) is 13.1. The number of ether oxygens (including phenoxy) is 2. The maximum absolute atomic E-state index is 12.9. The number of likely N-dealkylation sites (N-methyl/N-ethyl adjacent to an activating group) is 3. The number of esters is 2. The molecule has 8 atom stereocenters. The number of aromatic amines is 1. The Morgan fingerprint density at radius 1 is 0.675 bits per heavy atom. The van der Waals surface area contributed by atoms with E-state index in [1.54, 1.807) is 17.7 Å². The van der Waals surface area contributed by atoms with Gasteiger partial charge in [0.25, 0.3) is 0 Å². The normalized spacial score (nSPS) is 29.7. The molecule has 6 fully saturated rings. The number of aromatic nitrogens is 1. The molecule has 5 aliphatic heterocycles. The molecular formula is C63H76N6O8. The van der Waals surface area contributed by atoms with Gasteiger partial charge in [-0.15, -0.1) is 0 Å². The van der Waals surface area contributed by atoms with Crippen molar-refractivity contribution in [2.75, 3.05) is 73.5 Å². The Hall–Kier alpha value is -7.22. The van der Waals surface area contributed by atoms with E-state index in [2.05, 4.69) is 95.4 Å². The van der Waals surface area contributed by atoms with Crippen LogP contribution < -0.4 is 10.2 Å². The number of Topliss-reactive ketones (excluding diaryl/α,β-unsaturated/α-hetero) is 1. The fourth-order valence-corrected chi connectivity index (χ4v) is 15.1. The number of likely N-dealkylation sites (tertiary alicyclic amines) is 3. The molecule has 406 valence electrons. The summed E-state index contributed by atoms with van der Waals surface area (Å²) >= 11 is 0. The second-order valence-electron chi connectivity index (χ2n) is 22.8. The number of nitrogens with zero attached hydrogens (tertiary/aromatic N) is 4. The van der Waals surface area contributed by atoms with Crippen molar-refractivity contribution in [1.29, 1.82) is 0 Å². The average Bonchev–Trinajstić information content (AvgIpc) is 4.30. The first-order valence-electron chi connectivity index (χ1n) is 26.1. The van der Waals surface area contributed by atoms with Crippen LogP contribution in [0.5, 0.6) is 0 Å². The smallest absolute Gasteiger partial charge is 0.340 e. The number of hydrogen-bond acceptors (Lipinski definition) is 13. The van der Waals surface area contributed by atoms with Crippen LogP contribution in [0.4, 0.5) is 5.69 Å². The molecule has 14 nitrogen and oxygen atoms in total. The lowest BCUT2D eigenvalue weighted by atomic mass is 9.80. The number of hydrogen-bond donors (Lipinski definition) is 2. The van der Waals surface area contributed by atoms with E-state index >= 15 is 0 Å². The SMILES string of the molecule is C.C.C.CCC1CN(C)c2cc(C)c3ccccc3c21.CN1CC2CC23C1=CC(=O)c1ccccc13.COC(=O)[C@]1(C)NC2=C(C1=O)[C@@]13C[C@@H]1CN(C)C3=CC2=O.COC(=O)c1c(C)[nH]c2c1[C@@]13C[C@@H]1CN(C)C3=CC2=O. The lowest BCUT2D eigenvalue weighted by Crippen LogP contribution is -2.52. The molecule has 6 aliphatic carbocycles. The van der Waals surface area contributed by atoms with Crippen LogP contribution in [0.15, 0.2) is 101 Å². The Balaban J connectivity index is 0.000000124. The summed E-state index contributed by atoms with van der Waals surface area (Å²) in [6.45, 7) is 11.9. The highest BCUT2D eigenvalue weighted by Crippen LogP contribution is 2.71. The number of carbonyl (C=O) groups excluding carboxylic acids is 6. The lowest BCUT2D eigenvalue weighted by molar-refractivity contribution is -0.150. The molecule has 3 saturated heterocycles.